The molecule has 0 bridgehead atoms. The van der Waals surface area contributed by atoms with Gasteiger partial charge in [0, 0.05) is 19.4 Å². The fourth-order valence-corrected chi connectivity index (χ4v) is 7.44. The van der Waals surface area contributed by atoms with Crippen LogP contribution in [0.4, 0.5) is 0 Å². The Morgan fingerprint density at radius 1 is 0.348 bits per heavy atom. The number of rotatable bonds is 50. The smallest absolute Gasteiger partial charge is 0.306 e. The number of hydrogen-bond acceptors (Lipinski definition) is 5. The normalized spacial score (nSPS) is 13.0. The topological polar surface area (TPSA) is 61.8 Å². The molecule has 66 heavy (non-hydrogen) atoms. The molecule has 0 heterocycles. The molecule has 0 aromatic heterocycles. The number of allylic oxidation sites excluding steroid dienone is 16. The van der Waals surface area contributed by atoms with E-state index in [2.05, 4.69) is 118 Å². The SMILES string of the molecule is CC/C=C\C/C=C\C/C=C\C/C=C\CCCCCOCC(COC(=O)CCCCCCCC/C=C\C/C=C\C/C=C\CCCCC)OC(=O)CCCCCCC/C=C\CCCCCCCC. The monoisotopic (exact) mass is 917 g/mol. The van der Waals surface area contributed by atoms with Crippen molar-refractivity contribution >= 4 is 11.9 Å². The molecule has 5 heteroatoms. The first-order chi connectivity index (χ1) is 32.6. The van der Waals surface area contributed by atoms with E-state index in [1.165, 1.54) is 103 Å². The van der Waals surface area contributed by atoms with Crippen LogP contribution in [0.1, 0.15) is 252 Å². The summed E-state index contributed by atoms with van der Waals surface area (Å²) in [6.45, 7) is 7.60. The van der Waals surface area contributed by atoms with Crippen molar-refractivity contribution in [2.45, 2.75) is 258 Å². The number of hydrogen-bond donors (Lipinski definition) is 0. The van der Waals surface area contributed by atoms with Gasteiger partial charge in [-0.25, -0.2) is 0 Å². The maximum Gasteiger partial charge on any atom is 0.306 e. The third kappa shape index (κ3) is 53.4. The minimum atomic E-state index is -0.568. The summed E-state index contributed by atoms with van der Waals surface area (Å²) in [5.74, 6) is -0.440. The summed E-state index contributed by atoms with van der Waals surface area (Å²) in [5, 5.41) is 0. The summed E-state index contributed by atoms with van der Waals surface area (Å²) < 4.78 is 17.4. The Morgan fingerprint density at radius 3 is 1.14 bits per heavy atom. The molecular weight excluding hydrogens is 813 g/mol. The average Bonchev–Trinajstić information content (AvgIpc) is 3.32. The molecule has 0 aliphatic rings. The number of esters is 2. The number of unbranched alkanes of at least 4 members (excludes halogenated alkanes) is 23. The van der Waals surface area contributed by atoms with Gasteiger partial charge in [-0.3, -0.25) is 9.59 Å². The lowest BCUT2D eigenvalue weighted by molar-refractivity contribution is -0.163. The van der Waals surface area contributed by atoms with Gasteiger partial charge in [-0.15, -0.1) is 0 Å². The van der Waals surface area contributed by atoms with E-state index in [0.717, 1.165) is 116 Å². The first kappa shape index (κ1) is 62.8. The van der Waals surface area contributed by atoms with Crippen molar-refractivity contribution in [3.63, 3.8) is 0 Å². The summed E-state index contributed by atoms with van der Waals surface area (Å²) in [6, 6.07) is 0. The molecule has 5 nitrogen and oxygen atoms in total. The molecule has 0 fully saturated rings. The van der Waals surface area contributed by atoms with Crippen LogP contribution in [0.5, 0.6) is 0 Å². The van der Waals surface area contributed by atoms with Crippen molar-refractivity contribution in [2.24, 2.45) is 0 Å². The molecule has 0 rings (SSSR count). The third-order valence-electron chi connectivity index (χ3n) is 11.6. The number of carbonyl (C=O) groups is 2. The second kappa shape index (κ2) is 56.1. The quantitative estimate of drug-likeness (QED) is 0.0346. The van der Waals surface area contributed by atoms with Crippen molar-refractivity contribution in [1.29, 1.82) is 0 Å². The van der Waals surface area contributed by atoms with E-state index < -0.39 is 6.10 Å². The lowest BCUT2D eigenvalue weighted by atomic mass is 10.1. The van der Waals surface area contributed by atoms with Gasteiger partial charge in [0.25, 0.3) is 0 Å². The molecule has 0 aromatic rings. The highest BCUT2D eigenvalue weighted by Gasteiger charge is 2.17. The highest BCUT2D eigenvalue weighted by molar-refractivity contribution is 5.70. The molecule has 0 saturated carbocycles. The molecule has 0 aliphatic heterocycles. The van der Waals surface area contributed by atoms with E-state index in [4.69, 9.17) is 14.2 Å². The number of carbonyl (C=O) groups excluding carboxylic acids is 2. The predicted molar refractivity (Wildman–Crippen MR) is 288 cm³/mol. The Bertz CT molecular complexity index is 1270. The third-order valence-corrected chi connectivity index (χ3v) is 11.6. The average molecular weight is 917 g/mol. The molecule has 0 aromatic carbocycles. The molecule has 0 aliphatic carbocycles. The maximum atomic E-state index is 12.8. The van der Waals surface area contributed by atoms with Crippen LogP contribution in [-0.2, 0) is 23.8 Å². The summed E-state index contributed by atoms with van der Waals surface area (Å²) in [6.07, 6.45) is 75.6. The zero-order valence-corrected chi connectivity index (χ0v) is 43.4. The largest absolute Gasteiger partial charge is 0.462 e. The summed E-state index contributed by atoms with van der Waals surface area (Å²) in [5.41, 5.74) is 0. The van der Waals surface area contributed by atoms with Gasteiger partial charge >= 0.3 is 11.9 Å². The molecule has 0 amide bonds. The maximum absolute atomic E-state index is 12.8. The zero-order chi connectivity index (χ0) is 47.7. The Morgan fingerprint density at radius 2 is 0.682 bits per heavy atom. The molecule has 0 spiro atoms. The molecule has 0 N–H and O–H groups in total. The van der Waals surface area contributed by atoms with Crippen molar-refractivity contribution in [3.8, 4) is 0 Å². The van der Waals surface area contributed by atoms with Gasteiger partial charge in [-0.05, 0) is 122 Å². The van der Waals surface area contributed by atoms with E-state index in [0.29, 0.717) is 19.4 Å². The minimum Gasteiger partial charge on any atom is -0.462 e. The van der Waals surface area contributed by atoms with Crippen LogP contribution in [0.3, 0.4) is 0 Å². The van der Waals surface area contributed by atoms with Crippen molar-refractivity contribution in [2.75, 3.05) is 19.8 Å². The second-order valence-electron chi connectivity index (χ2n) is 18.1. The van der Waals surface area contributed by atoms with Gasteiger partial charge in [0.05, 0.1) is 6.61 Å². The van der Waals surface area contributed by atoms with Gasteiger partial charge in [-0.1, -0.05) is 214 Å². The second-order valence-corrected chi connectivity index (χ2v) is 18.1. The highest BCUT2D eigenvalue weighted by Crippen LogP contribution is 2.13. The lowest BCUT2D eigenvalue weighted by Crippen LogP contribution is -2.30. The van der Waals surface area contributed by atoms with Crippen LogP contribution in [0, 0.1) is 0 Å². The summed E-state index contributed by atoms with van der Waals surface area (Å²) in [7, 11) is 0. The Kier molecular flexibility index (Phi) is 53.4. The molecule has 1 atom stereocenters. The summed E-state index contributed by atoms with van der Waals surface area (Å²) in [4.78, 5) is 25.5. The molecular formula is C61H104O5. The molecule has 378 valence electrons. The van der Waals surface area contributed by atoms with Gasteiger partial charge in [-0.2, -0.15) is 0 Å². The van der Waals surface area contributed by atoms with Crippen LogP contribution in [0.2, 0.25) is 0 Å². The van der Waals surface area contributed by atoms with Crippen LogP contribution in [-0.4, -0.2) is 37.9 Å². The summed E-state index contributed by atoms with van der Waals surface area (Å²) >= 11 is 0. The van der Waals surface area contributed by atoms with Gasteiger partial charge in [0.1, 0.15) is 6.61 Å². The Labute approximate surface area is 409 Å². The fraction of sp³-hybridized carbons (Fsp3) is 0.705. The minimum absolute atomic E-state index is 0.0578. The van der Waals surface area contributed by atoms with Crippen LogP contribution in [0.25, 0.3) is 0 Å². The zero-order valence-electron chi connectivity index (χ0n) is 43.4. The van der Waals surface area contributed by atoms with Crippen LogP contribution >= 0.6 is 0 Å². The van der Waals surface area contributed by atoms with E-state index in [-0.39, 0.29) is 25.2 Å². The first-order valence-corrected chi connectivity index (χ1v) is 27.8. The van der Waals surface area contributed by atoms with E-state index in [1.54, 1.807) is 0 Å². The van der Waals surface area contributed by atoms with E-state index in [9.17, 15) is 9.59 Å². The molecule has 0 radical (unpaired) electrons. The van der Waals surface area contributed by atoms with Gasteiger partial charge in [0.15, 0.2) is 6.10 Å². The fourth-order valence-electron chi connectivity index (χ4n) is 7.44. The van der Waals surface area contributed by atoms with Gasteiger partial charge < -0.3 is 14.2 Å². The van der Waals surface area contributed by atoms with Crippen molar-refractivity contribution in [1.82, 2.24) is 0 Å². The number of ether oxygens (including phenoxy) is 3. The Hall–Kier alpha value is -3.18. The molecule has 1 unspecified atom stereocenters. The van der Waals surface area contributed by atoms with E-state index in [1.807, 2.05) is 0 Å². The van der Waals surface area contributed by atoms with Crippen LogP contribution in [0.15, 0.2) is 97.2 Å². The highest BCUT2D eigenvalue weighted by atomic mass is 16.6. The van der Waals surface area contributed by atoms with Crippen molar-refractivity contribution in [3.05, 3.63) is 97.2 Å². The first-order valence-electron chi connectivity index (χ1n) is 27.8. The van der Waals surface area contributed by atoms with Crippen LogP contribution < -0.4 is 0 Å². The predicted octanol–water partition coefficient (Wildman–Crippen LogP) is 19.0. The molecule has 0 saturated heterocycles. The van der Waals surface area contributed by atoms with E-state index >= 15 is 0 Å². The van der Waals surface area contributed by atoms with Crippen molar-refractivity contribution < 1.29 is 23.8 Å². The lowest BCUT2D eigenvalue weighted by Gasteiger charge is -2.18. The van der Waals surface area contributed by atoms with Gasteiger partial charge in [0.2, 0.25) is 0 Å². The Balaban J connectivity index is 4.37. The standard InChI is InChI=1S/C61H104O5/c1-4-7-10-13-16-19-22-25-28-30-31-32-34-36-39-42-45-48-51-54-60(62)65-58-59(57-64-56-53-50-47-44-41-38-35-29-26-23-20-17-14-11-8-5-2)66-61(63)55-52-49-46-43-40-37-33-27-24-21-18-15-12-9-6-3/h8,11,16-17,19-20,25-29,31-33,38,41,59H,4-7,9-10,12-15,18,21-24,30,34-37,39-40,42-58H2,1-3H3/b11-8-,19-16-,20-17-,28-25-,29-26-,32-31-,33-27-,41-38-.